The van der Waals surface area contributed by atoms with Gasteiger partial charge >= 0.3 is 0 Å². The zero-order valence-electron chi connectivity index (χ0n) is 9.90. The summed E-state index contributed by atoms with van der Waals surface area (Å²) in [6.07, 6.45) is 2.78. The third-order valence-electron chi connectivity index (χ3n) is 3.57. The van der Waals surface area contributed by atoms with E-state index in [0.717, 1.165) is 18.4 Å². The SMILES string of the molecule is Cc1cc([C@@H](N)[C@@H](O)C2CCC2)ccc1F.Cl. The van der Waals surface area contributed by atoms with Gasteiger partial charge in [-0.15, -0.1) is 12.4 Å². The zero-order valence-corrected chi connectivity index (χ0v) is 10.7. The van der Waals surface area contributed by atoms with Crippen LogP contribution in [0.5, 0.6) is 0 Å². The predicted molar refractivity (Wildman–Crippen MR) is 68.7 cm³/mol. The Morgan fingerprint density at radius 2 is 2.06 bits per heavy atom. The van der Waals surface area contributed by atoms with Crippen molar-refractivity contribution in [3.8, 4) is 0 Å². The highest BCUT2D eigenvalue weighted by Crippen LogP contribution is 2.34. The van der Waals surface area contributed by atoms with Crippen LogP contribution in [0.15, 0.2) is 18.2 Å². The average molecular weight is 260 g/mol. The van der Waals surface area contributed by atoms with E-state index in [0.29, 0.717) is 11.5 Å². The summed E-state index contributed by atoms with van der Waals surface area (Å²) in [5.74, 6) is 0.0921. The van der Waals surface area contributed by atoms with Gasteiger partial charge in [-0.3, -0.25) is 0 Å². The first kappa shape index (κ1) is 14.4. The summed E-state index contributed by atoms with van der Waals surface area (Å²) >= 11 is 0. The van der Waals surface area contributed by atoms with Crippen molar-refractivity contribution in [3.63, 3.8) is 0 Å². The molecule has 17 heavy (non-hydrogen) atoms. The molecule has 1 saturated carbocycles. The van der Waals surface area contributed by atoms with E-state index in [2.05, 4.69) is 0 Å². The maximum Gasteiger partial charge on any atom is 0.126 e. The monoisotopic (exact) mass is 259 g/mol. The van der Waals surface area contributed by atoms with E-state index in [1.807, 2.05) is 0 Å². The number of benzene rings is 1. The van der Waals surface area contributed by atoms with Gasteiger partial charge in [-0.05, 0) is 42.9 Å². The lowest BCUT2D eigenvalue weighted by Crippen LogP contribution is -2.36. The highest BCUT2D eigenvalue weighted by atomic mass is 35.5. The third-order valence-corrected chi connectivity index (χ3v) is 3.57. The van der Waals surface area contributed by atoms with Crippen LogP contribution >= 0.6 is 12.4 Å². The molecule has 3 N–H and O–H groups in total. The van der Waals surface area contributed by atoms with E-state index in [1.165, 1.54) is 12.5 Å². The lowest BCUT2D eigenvalue weighted by molar-refractivity contribution is 0.0413. The Bertz CT molecular complexity index is 382. The lowest BCUT2D eigenvalue weighted by Gasteiger charge is -2.33. The summed E-state index contributed by atoms with van der Waals surface area (Å²) in [6.45, 7) is 1.71. The first-order chi connectivity index (χ1) is 7.59. The van der Waals surface area contributed by atoms with Gasteiger partial charge in [0.05, 0.1) is 12.1 Å². The Labute approximate surface area is 107 Å². The van der Waals surface area contributed by atoms with E-state index in [4.69, 9.17) is 5.73 Å². The van der Waals surface area contributed by atoms with Crippen molar-refractivity contribution in [3.05, 3.63) is 35.1 Å². The van der Waals surface area contributed by atoms with Crippen molar-refractivity contribution in [2.75, 3.05) is 0 Å². The van der Waals surface area contributed by atoms with Gasteiger partial charge in [0.15, 0.2) is 0 Å². The van der Waals surface area contributed by atoms with Gasteiger partial charge in [-0.1, -0.05) is 18.6 Å². The Morgan fingerprint density at radius 3 is 2.53 bits per heavy atom. The minimum Gasteiger partial charge on any atom is -0.391 e. The Morgan fingerprint density at radius 1 is 1.41 bits per heavy atom. The van der Waals surface area contributed by atoms with E-state index < -0.39 is 12.1 Å². The van der Waals surface area contributed by atoms with Crippen LogP contribution in [-0.2, 0) is 0 Å². The van der Waals surface area contributed by atoms with Crippen LogP contribution in [0, 0.1) is 18.7 Å². The summed E-state index contributed by atoms with van der Waals surface area (Å²) in [7, 11) is 0. The van der Waals surface area contributed by atoms with Gasteiger partial charge in [0, 0.05) is 0 Å². The van der Waals surface area contributed by atoms with Gasteiger partial charge in [-0.2, -0.15) is 0 Å². The first-order valence-corrected chi connectivity index (χ1v) is 5.79. The maximum absolute atomic E-state index is 13.1. The van der Waals surface area contributed by atoms with Crippen molar-refractivity contribution >= 4 is 12.4 Å². The lowest BCUT2D eigenvalue weighted by atomic mass is 9.77. The third kappa shape index (κ3) is 2.97. The summed E-state index contributed by atoms with van der Waals surface area (Å²) in [5, 5.41) is 10.0. The van der Waals surface area contributed by atoms with Crippen LogP contribution in [0.4, 0.5) is 4.39 Å². The highest BCUT2D eigenvalue weighted by Gasteiger charge is 2.30. The largest absolute Gasteiger partial charge is 0.391 e. The maximum atomic E-state index is 13.1. The molecule has 2 nitrogen and oxygen atoms in total. The Hall–Kier alpha value is -0.640. The minimum atomic E-state index is -0.501. The molecule has 1 fully saturated rings. The number of nitrogens with two attached hydrogens (primary N) is 1. The van der Waals surface area contributed by atoms with E-state index in [-0.39, 0.29) is 18.2 Å². The van der Waals surface area contributed by atoms with Crippen molar-refractivity contribution in [1.29, 1.82) is 0 Å². The molecular formula is C13H19ClFNO. The first-order valence-electron chi connectivity index (χ1n) is 5.79. The van der Waals surface area contributed by atoms with Crippen molar-refractivity contribution in [2.45, 2.75) is 38.3 Å². The molecule has 4 heteroatoms. The van der Waals surface area contributed by atoms with Gasteiger partial charge in [0.25, 0.3) is 0 Å². The summed E-state index contributed by atoms with van der Waals surface area (Å²) in [4.78, 5) is 0. The molecule has 1 aromatic rings. The van der Waals surface area contributed by atoms with Crippen LogP contribution in [0.1, 0.15) is 36.4 Å². The van der Waals surface area contributed by atoms with Crippen molar-refractivity contribution in [1.82, 2.24) is 0 Å². The number of aliphatic hydroxyl groups excluding tert-OH is 1. The number of halogens is 2. The molecule has 96 valence electrons. The summed E-state index contributed by atoms with van der Waals surface area (Å²) in [6, 6.07) is 4.40. The van der Waals surface area contributed by atoms with Gasteiger partial charge in [0.1, 0.15) is 5.82 Å². The molecule has 2 atom stereocenters. The molecule has 1 aliphatic carbocycles. The molecule has 0 unspecified atom stereocenters. The van der Waals surface area contributed by atoms with Crippen LogP contribution in [-0.4, -0.2) is 11.2 Å². The smallest absolute Gasteiger partial charge is 0.126 e. The molecule has 1 aromatic carbocycles. The second-order valence-corrected chi connectivity index (χ2v) is 4.72. The molecule has 0 spiro atoms. The van der Waals surface area contributed by atoms with Gasteiger partial charge in [-0.25, -0.2) is 4.39 Å². The van der Waals surface area contributed by atoms with Crippen LogP contribution in [0.25, 0.3) is 0 Å². The molecule has 0 radical (unpaired) electrons. The average Bonchev–Trinajstić information content (AvgIpc) is 2.18. The van der Waals surface area contributed by atoms with Crippen LogP contribution < -0.4 is 5.73 Å². The second kappa shape index (κ2) is 5.80. The fourth-order valence-corrected chi connectivity index (χ4v) is 2.15. The number of hydrogen-bond acceptors (Lipinski definition) is 2. The zero-order chi connectivity index (χ0) is 11.7. The number of aliphatic hydroxyl groups is 1. The molecule has 0 bridgehead atoms. The summed E-state index contributed by atoms with van der Waals surface area (Å²) in [5.41, 5.74) is 7.39. The van der Waals surface area contributed by atoms with E-state index in [9.17, 15) is 9.50 Å². The Kier molecular flexibility index (Phi) is 4.92. The van der Waals surface area contributed by atoms with Crippen molar-refractivity contribution < 1.29 is 9.50 Å². The standard InChI is InChI=1S/C13H18FNO.ClH/c1-8-7-10(5-6-11(8)14)12(15)13(16)9-3-2-4-9;/h5-7,9,12-13,16H,2-4,15H2,1H3;1H/t12-,13+;/m1./s1. The topological polar surface area (TPSA) is 46.2 Å². The molecule has 0 aromatic heterocycles. The van der Waals surface area contributed by atoms with Crippen molar-refractivity contribution in [2.24, 2.45) is 11.7 Å². The fourth-order valence-electron chi connectivity index (χ4n) is 2.15. The van der Waals surface area contributed by atoms with Gasteiger partial charge in [0.2, 0.25) is 0 Å². The normalized spacial score (nSPS) is 19.1. The summed E-state index contributed by atoms with van der Waals surface area (Å²) < 4.78 is 13.1. The van der Waals surface area contributed by atoms with Crippen LogP contribution in [0.2, 0.25) is 0 Å². The van der Waals surface area contributed by atoms with E-state index >= 15 is 0 Å². The highest BCUT2D eigenvalue weighted by molar-refractivity contribution is 5.85. The Balaban J connectivity index is 0.00000144. The minimum absolute atomic E-state index is 0. The molecular weight excluding hydrogens is 241 g/mol. The van der Waals surface area contributed by atoms with Gasteiger partial charge < -0.3 is 10.8 Å². The fraction of sp³-hybridized carbons (Fsp3) is 0.538. The number of rotatable bonds is 3. The quantitative estimate of drug-likeness (QED) is 0.877. The molecule has 1 aliphatic rings. The number of hydrogen-bond donors (Lipinski definition) is 2. The molecule has 0 aliphatic heterocycles. The second-order valence-electron chi connectivity index (χ2n) is 4.72. The molecule has 0 amide bonds. The molecule has 0 heterocycles. The van der Waals surface area contributed by atoms with Crippen LogP contribution in [0.3, 0.4) is 0 Å². The number of aryl methyl sites for hydroxylation is 1. The molecule has 0 saturated heterocycles. The predicted octanol–water partition coefficient (Wildman–Crippen LogP) is 2.72. The molecule has 2 rings (SSSR count). The van der Waals surface area contributed by atoms with E-state index in [1.54, 1.807) is 19.1 Å².